The second kappa shape index (κ2) is 4.41. The van der Waals surface area contributed by atoms with Gasteiger partial charge in [0.2, 0.25) is 5.91 Å². The number of aromatic amines is 1. The van der Waals surface area contributed by atoms with Gasteiger partial charge in [0.1, 0.15) is 0 Å². The minimum absolute atomic E-state index is 0.0933. The van der Waals surface area contributed by atoms with Crippen molar-refractivity contribution in [3.8, 4) is 0 Å². The number of aromatic nitrogens is 2. The predicted octanol–water partition coefficient (Wildman–Crippen LogP) is 2.13. The number of anilines is 1. The Hall–Kier alpha value is -2.10. The largest absolute Gasteiger partial charge is 0.308 e. The van der Waals surface area contributed by atoms with Gasteiger partial charge >= 0.3 is 0 Å². The van der Waals surface area contributed by atoms with E-state index in [0.717, 1.165) is 5.56 Å². The van der Waals surface area contributed by atoms with Crippen LogP contribution in [0.15, 0.2) is 36.4 Å². The molecule has 0 saturated heterocycles. The maximum Gasteiger partial charge on any atom is 0.235 e. The summed E-state index contributed by atoms with van der Waals surface area (Å²) in [7, 11) is 0. The van der Waals surface area contributed by atoms with Crippen LogP contribution in [-0.4, -0.2) is 16.1 Å². The maximum absolute atomic E-state index is 12.2. The molecule has 0 spiro atoms. The molecule has 0 saturated carbocycles. The van der Waals surface area contributed by atoms with Crippen molar-refractivity contribution in [3.63, 3.8) is 0 Å². The zero-order valence-electron chi connectivity index (χ0n) is 9.82. The Morgan fingerprint density at radius 3 is 2.65 bits per heavy atom. The van der Waals surface area contributed by atoms with Crippen LogP contribution in [0.1, 0.15) is 19.4 Å². The van der Waals surface area contributed by atoms with Crippen LogP contribution in [0.3, 0.4) is 0 Å². The summed E-state index contributed by atoms with van der Waals surface area (Å²) in [5, 5.41) is 9.14. The third kappa shape index (κ3) is 2.36. The Kier molecular flexibility index (Phi) is 2.95. The minimum atomic E-state index is -0.597. The fourth-order valence-electron chi connectivity index (χ4n) is 1.55. The standard InChI is InChI=1S/C13H14N3O/c1-13(2,10-6-4-3-5-7-10)12(17)15-11-8-9-14-16-11/h3-8H,1-2H3,(H2,14,15,16,17). The van der Waals surface area contributed by atoms with Crippen molar-refractivity contribution < 1.29 is 4.79 Å². The molecule has 0 unspecified atom stereocenters. The number of rotatable bonds is 3. The van der Waals surface area contributed by atoms with Crippen LogP contribution in [-0.2, 0) is 10.2 Å². The molecule has 1 radical (unpaired) electrons. The number of nitrogens with one attached hydrogen (secondary N) is 2. The first-order valence-corrected chi connectivity index (χ1v) is 5.39. The van der Waals surface area contributed by atoms with Gasteiger partial charge in [0.25, 0.3) is 0 Å². The first-order chi connectivity index (χ1) is 8.10. The second-order valence-corrected chi connectivity index (χ2v) is 4.34. The second-order valence-electron chi connectivity index (χ2n) is 4.34. The van der Waals surface area contributed by atoms with Crippen molar-refractivity contribution in [3.05, 3.63) is 48.2 Å². The number of hydrogen-bond acceptors (Lipinski definition) is 2. The van der Waals surface area contributed by atoms with Crippen LogP contribution in [0.4, 0.5) is 5.82 Å². The molecule has 17 heavy (non-hydrogen) atoms. The molecule has 0 fully saturated rings. The highest BCUT2D eigenvalue weighted by molar-refractivity contribution is 5.97. The minimum Gasteiger partial charge on any atom is -0.308 e. The maximum atomic E-state index is 12.2. The van der Waals surface area contributed by atoms with E-state index < -0.39 is 5.41 Å². The van der Waals surface area contributed by atoms with E-state index in [2.05, 4.69) is 21.7 Å². The van der Waals surface area contributed by atoms with Crippen molar-refractivity contribution >= 4 is 11.7 Å². The van der Waals surface area contributed by atoms with Gasteiger partial charge in [-0.2, -0.15) is 5.10 Å². The molecule has 4 heteroatoms. The molecule has 0 bridgehead atoms. The Balaban J connectivity index is 2.18. The normalized spacial score (nSPS) is 11.2. The lowest BCUT2D eigenvalue weighted by Gasteiger charge is -2.23. The van der Waals surface area contributed by atoms with Gasteiger partial charge in [0, 0.05) is 6.07 Å². The van der Waals surface area contributed by atoms with Crippen LogP contribution in [0.2, 0.25) is 0 Å². The van der Waals surface area contributed by atoms with E-state index in [-0.39, 0.29) is 5.91 Å². The van der Waals surface area contributed by atoms with Crippen molar-refractivity contribution in [2.24, 2.45) is 0 Å². The topological polar surface area (TPSA) is 57.8 Å². The summed E-state index contributed by atoms with van der Waals surface area (Å²) in [5.74, 6) is 0.392. The van der Waals surface area contributed by atoms with E-state index in [1.807, 2.05) is 44.2 Å². The highest BCUT2D eigenvalue weighted by Gasteiger charge is 2.29. The molecule has 0 aliphatic rings. The summed E-state index contributed by atoms with van der Waals surface area (Å²) in [4.78, 5) is 12.2. The van der Waals surface area contributed by atoms with Crippen LogP contribution >= 0.6 is 0 Å². The number of amides is 1. The summed E-state index contributed by atoms with van der Waals surface area (Å²) in [6.45, 7) is 3.77. The van der Waals surface area contributed by atoms with Crippen LogP contribution in [0.5, 0.6) is 0 Å². The molecule has 0 aliphatic heterocycles. The van der Waals surface area contributed by atoms with Gasteiger partial charge in [0.05, 0.1) is 11.6 Å². The summed E-state index contributed by atoms with van der Waals surface area (Å²) in [5.41, 5.74) is 0.372. The molecule has 1 aromatic carbocycles. The van der Waals surface area contributed by atoms with Crippen molar-refractivity contribution in [2.45, 2.75) is 19.3 Å². The van der Waals surface area contributed by atoms with Gasteiger partial charge in [-0.15, -0.1) is 0 Å². The van der Waals surface area contributed by atoms with E-state index in [1.165, 1.54) is 0 Å². The number of hydrogen-bond donors (Lipinski definition) is 2. The highest BCUT2D eigenvalue weighted by Crippen LogP contribution is 2.24. The average Bonchev–Trinajstić information content (AvgIpc) is 2.83. The van der Waals surface area contributed by atoms with Crippen molar-refractivity contribution in [2.75, 3.05) is 5.32 Å². The molecular formula is C13H14N3O. The number of carbonyl (C=O) groups excluding carboxylic acids is 1. The highest BCUT2D eigenvalue weighted by atomic mass is 16.2. The van der Waals surface area contributed by atoms with E-state index >= 15 is 0 Å². The fraction of sp³-hybridized carbons (Fsp3) is 0.231. The molecule has 87 valence electrons. The third-order valence-electron chi connectivity index (χ3n) is 2.75. The predicted molar refractivity (Wildman–Crippen MR) is 65.5 cm³/mol. The van der Waals surface area contributed by atoms with Gasteiger partial charge in [-0.3, -0.25) is 9.89 Å². The number of nitrogens with zero attached hydrogens (tertiary/aromatic N) is 1. The lowest BCUT2D eigenvalue weighted by Crippen LogP contribution is -2.34. The molecule has 0 atom stereocenters. The van der Waals surface area contributed by atoms with Gasteiger partial charge < -0.3 is 5.32 Å². The first kappa shape index (κ1) is 11.4. The molecule has 2 aromatic rings. The van der Waals surface area contributed by atoms with Gasteiger partial charge in [-0.25, -0.2) is 0 Å². The molecule has 1 heterocycles. The summed E-state index contributed by atoms with van der Waals surface area (Å²) < 4.78 is 0. The number of H-pyrrole nitrogens is 1. The number of carbonyl (C=O) groups is 1. The summed E-state index contributed by atoms with van der Waals surface area (Å²) >= 11 is 0. The molecule has 4 nitrogen and oxygen atoms in total. The Labute approximate surface area is 100 Å². The molecule has 1 aromatic heterocycles. The molecule has 2 rings (SSSR count). The van der Waals surface area contributed by atoms with E-state index in [9.17, 15) is 4.79 Å². The van der Waals surface area contributed by atoms with Crippen LogP contribution < -0.4 is 5.32 Å². The molecule has 1 amide bonds. The number of benzene rings is 1. The zero-order chi connectivity index (χ0) is 12.3. The SMILES string of the molecule is CC(C)(C(=O)Nc1c[c][nH]n1)c1ccccc1. The lowest BCUT2D eigenvalue weighted by atomic mass is 9.84. The quantitative estimate of drug-likeness (QED) is 0.845. The van der Waals surface area contributed by atoms with Crippen LogP contribution in [0.25, 0.3) is 0 Å². The van der Waals surface area contributed by atoms with Crippen molar-refractivity contribution in [1.29, 1.82) is 0 Å². The monoisotopic (exact) mass is 228 g/mol. The Bertz CT molecular complexity index is 489. The fourth-order valence-corrected chi connectivity index (χ4v) is 1.55. The first-order valence-electron chi connectivity index (χ1n) is 5.39. The zero-order valence-corrected chi connectivity index (χ0v) is 9.82. The molecule has 0 aliphatic carbocycles. The van der Waals surface area contributed by atoms with Gasteiger partial charge in [-0.1, -0.05) is 30.3 Å². The summed E-state index contributed by atoms with van der Waals surface area (Å²) in [6, 6.07) is 11.3. The Morgan fingerprint density at radius 1 is 1.35 bits per heavy atom. The van der Waals surface area contributed by atoms with E-state index in [0.29, 0.717) is 5.82 Å². The smallest absolute Gasteiger partial charge is 0.235 e. The van der Waals surface area contributed by atoms with Crippen molar-refractivity contribution in [1.82, 2.24) is 10.2 Å². The Morgan fingerprint density at radius 2 is 2.06 bits per heavy atom. The lowest BCUT2D eigenvalue weighted by molar-refractivity contribution is -0.120. The molecular weight excluding hydrogens is 214 g/mol. The summed E-state index contributed by atoms with van der Waals surface area (Å²) in [6.07, 6.45) is 2.68. The van der Waals surface area contributed by atoms with E-state index in [4.69, 9.17) is 0 Å². The van der Waals surface area contributed by atoms with Crippen LogP contribution in [0, 0.1) is 6.20 Å². The van der Waals surface area contributed by atoms with Gasteiger partial charge in [0.15, 0.2) is 5.82 Å². The third-order valence-corrected chi connectivity index (χ3v) is 2.75. The van der Waals surface area contributed by atoms with E-state index in [1.54, 1.807) is 6.07 Å². The average molecular weight is 228 g/mol. The molecule has 2 N–H and O–H groups in total. The van der Waals surface area contributed by atoms with Gasteiger partial charge in [-0.05, 0) is 19.4 Å².